The van der Waals surface area contributed by atoms with Gasteiger partial charge in [0.15, 0.2) is 0 Å². The number of aromatic nitrogens is 2. The summed E-state index contributed by atoms with van der Waals surface area (Å²) in [6, 6.07) is 2.28. The molecule has 1 heterocycles. The molecule has 0 aromatic carbocycles. The Morgan fingerprint density at radius 1 is 1.69 bits per heavy atom. The van der Waals surface area contributed by atoms with Crippen LogP contribution in [0.4, 0.5) is 0 Å². The highest BCUT2D eigenvalue weighted by atomic mass is 35.5. The zero-order valence-corrected chi connectivity index (χ0v) is 10.7. The molecule has 0 aliphatic carbocycles. The third-order valence-electron chi connectivity index (χ3n) is 2.52. The van der Waals surface area contributed by atoms with E-state index in [1.54, 1.807) is 10.9 Å². The molecular weight excluding hydrogens is 224 g/mol. The Balaban J connectivity index is 2.77. The van der Waals surface area contributed by atoms with Crippen LogP contribution < -0.4 is 5.32 Å². The first-order valence-corrected chi connectivity index (χ1v) is 5.74. The highest BCUT2D eigenvalue weighted by Gasteiger charge is 2.24. The van der Waals surface area contributed by atoms with Crippen molar-refractivity contribution in [3.8, 4) is 6.07 Å². The van der Waals surface area contributed by atoms with Crippen LogP contribution in [0.15, 0.2) is 6.20 Å². The Morgan fingerprint density at radius 3 is 2.81 bits per heavy atom. The predicted molar refractivity (Wildman–Crippen MR) is 64.3 cm³/mol. The highest BCUT2D eigenvalue weighted by molar-refractivity contribution is 6.31. The van der Waals surface area contributed by atoms with Gasteiger partial charge in [-0.3, -0.25) is 10.00 Å². The fraction of sp³-hybridized carbons (Fsp3) is 0.636. The Hall–Kier alpha value is -1.05. The maximum atomic E-state index is 9.18. The van der Waals surface area contributed by atoms with Gasteiger partial charge in [-0.15, -0.1) is 0 Å². The molecule has 0 saturated heterocycles. The summed E-state index contributed by atoms with van der Waals surface area (Å²) in [7, 11) is 0. The second kappa shape index (κ2) is 5.33. The molecule has 0 bridgehead atoms. The van der Waals surface area contributed by atoms with E-state index < -0.39 is 5.54 Å². The molecule has 0 aliphatic heterocycles. The third-order valence-corrected chi connectivity index (χ3v) is 2.89. The zero-order valence-electron chi connectivity index (χ0n) is 9.92. The standard InChI is InChI=1S/C11H17ClN4/c1-4-5-14-11(3,7-13)8-16-9(2)10(12)6-15-16/h6,14H,4-5,8H2,1-3H3. The first-order chi connectivity index (χ1) is 7.52. The number of nitriles is 1. The minimum Gasteiger partial charge on any atom is -0.298 e. The van der Waals surface area contributed by atoms with Gasteiger partial charge < -0.3 is 0 Å². The van der Waals surface area contributed by atoms with Crippen molar-refractivity contribution in [3.05, 3.63) is 16.9 Å². The van der Waals surface area contributed by atoms with Gasteiger partial charge in [-0.2, -0.15) is 10.4 Å². The summed E-state index contributed by atoms with van der Waals surface area (Å²) in [5.41, 5.74) is 0.289. The molecule has 1 unspecified atom stereocenters. The SMILES string of the molecule is CCCNC(C)(C#N)Cn1ncc(Cl)c1C. The van der Waals surface area contributed by atoms with Gasteiger partial charge in [0.2, 0.25) is 0 Å². The first kappa shape index (κ1) is 13.0. The van der Waals surface area contributed by atoms with Crippen LogP contribution in [0.2, 0.25) is 5.02 Å². The lowest BCUT2D eigenvalue weighted by Crippen LogP contribution is -2.45. The number of rotatable bonds is 5. The highest BCUT2D eigenvalue weighted by Crippen LogP contribution is 2.16. The lowest BCUT2D eigenvalue weighted by atomic mass is 10.0. The Bertz CT molecular complexity index is 393. The summed E-state index contributed by atoms with van der Waals surface area (Å²) in [6.45, 7) is 7.16. The van der Waals surface area contributed by atoms with E-state index in [-0.39, 0.29) is 0 Å². The summed E-state index contributed by atoms with van der Waals surface area (Å²) in [4.78, 5) is 0. The number of hydrogen-bond donors (Lipinski definition) is 1. The molecule has 1 aromatic rings. The summed E-state index contributed by atoms with van der Waals surface area (Å²) in [5.74, 6) is 0. The zero-order chi connectivity index (χ0) is 12.2. The number of nitrogens with zero attached hydrogens (tertiary/aromatic N) is 3. The molecule has 4 nitrogen and oxygen atoms in total. The van der Waals surface area contributed by atoms with Crippen molar-refractivity contribution in [2.24, 2.45) is 0 Å². The average Bonchev–Trinajstić information content (AvgIpc) is 2.58. The van der Waals surface area contributed by atoms with Gasteiger partial charge in [-0.05, 0) is 26.8 Å². The molecular formula is C11H17ClN4. The lowest BCUT2D eigenvalue weighted by molar-refractivity contribution is 0.367. The monoisotopic (exact) mass is 240 g/mol. The minimum atomic E-state index is -0.601. The molecule has 0 fully saturated rings. The van der Waals surface area contributed by atoms with E-state index in [1.165, 1.54) is 0 Å². The Kier molecular flexibility index (Phi) is 4.34. The van der Waals surface area contributed by atoms with E-state index in [2.05, 4.69) is 23.4 Å². The van der Waals surface area contributed by atoms with Gasteiger partial charge >= 0.3 is 0 Å². The molecule has 1 N–H and O–H groups in total. The van der Waals surface area contributed by atoms with Crippen molar-refractivity contribution < 1.29 is 0 Å². The lowest BCUT2D eigenvalue weighted by Gasteiger charge is -2.23. The quantitative estimate of drug-likeness (QED) is 0.858. The van der Waals surface area contributed by atoms with Crippen molar-refractivity contribution in [3.63, 3.8) is 0 Å². The average molecular weight is 241 g/mol. The molecule has 1 atom stereocenters. The van der Waals surface area contributed by atoms with Crippen molar-refractivity contribution in [1.82, 2.24) is 15.1 Å². The molecule has 0 aliphatic rings. The number of nitrogens with one attached hydrogen (secondary N) is 1. The molecule has 16 heavy (non-hydrogen) atoms. The van der Waals surface area contributed by atoms with Crippen LogP contribution in [0.1, 0.15) is 26.0 Å². The second-order valence-electron chi connectivity index (χ2n) is 4.11. The van der Waals surface area contributed by atoms with Crippen molar-refractivity contribution in [1.29, 1.82) is 5.26 Å². The van der Waals surface area contributed by atoms with Crippen LogP contribution in [0.3, 0.4) is 0 Å². The molecule has 1 aromatic heterocycles. The molecule has 5 heteroatoms. The number of halogens is 1. The first-order valence-electron chi connectivity index (χ1n) is 5.36. The van der Waals surface area contributed by atoms with Gasteiger partial charge in [-0.1, -0.05) is 18.5 Å². The molecule has 0 saturated carbocycles. The maximum Gasteiger partial charge on any atom is 0.123 e. The molecule has 0 radical (unpaired) electrons. The van der Waals surface area contributed by atoms with Crippen LogP contribution in [0.5, 0.6) is 0 Å². The summed E-state index contributed by atoms with van der Waals surface area (Å²) < 4.78 is 1.76. The van der Waals surface area contributed by atoms with Crippen LogP contribution in [-0.4, -0.2) is 21.9 Å². The Labute approximate surface area is 101 Å². The van der Waals surface area contributed by atoms with Gasteiger partial charge in [0.05, 0.1) is 29.5 Å². The van der Waals surface area contributed by atoms with E-state index in [9.17, 15) is 5.26 Å². The van der Waals surface area contributed by atoms with Gasteiger partial charge in [0, 0.05) is 0 Å². The normalized spacial score (nSPS) is 14.4. The molecule has 0 spiro atoms. The predicted octanol–water partition coefficient (Wildman–Crippen LogP) is 2.13. The van der Waals surface area contributed by atoms with Crippen molar-refractivity contribution in [2.45, 2.75) is 39.3 Å². The second-order valence-corrected chi connectivity index (χ2v) is 4.51. The third kappa shape index (κ3) is 2.97. The molecule has 1 rings (SSSR count). The van der Waals surface area contributed by atoms with Crippen LogP contribution in [0, 0.1) is 18.3 Å². The van der Waals surface area contributed by atoms with E-state index in [1.807, 2.05) is 13.8 Å². The summed E-state index contributed by atoms with van der Waals surface area (Å²) in [6.07, 6.45) is 2.60. The Morgan fingerprint density at radius 2 is 2.38 bits per heavy atom. The van der Waals surface area contributed by atoms with Crippen molar-refractivity contribution >= 4 is 11.6 Å². The molecule has 0 amide bonds. The van der Waals surface area contributed by atoms with E-state index in [0.29, 0.717) is 11.6 Å². The van der Waals surface area contributed by atoms with Crippen LogP contribution in [-0.2, 0) is 6.54 Å². The van der Waals surface area contributed by atoms with Gasteiger partial charge in [0.1, 0.15) is 5.54 Å². The van der Waals surface area contributed by atoms with E-state index in [0.717, 1.165) is 18.7 Å². The molecule has 88 valence electrons. The fourth-order valence-electron chi connectivity index (χ4n) is 1.41. The fourth-order valence-corrected chi connectivity index (χ4v) is 1.56. The number of hydrogen-bond acceptors (Lipinski definition) is 3. The van der Waals surface area contributed by atoms with Crippen LogP contribution >= 0.6 is 11.6 Å². The summed E-state index contributed by atoms with van der Waals surface area (Å²) in [5, 5.41) is 17.2. The van der Waals surface area contributed by atoms with Crippen LogP contribution in [0.25, 0.3) is 0 Å². The smallest absolute Gasteiger partial charge is 0.123 e. The van der Waals surface area contributed by atoms with Gasteiger partial charge in [0.25, 0.3) is 0 Å². The maximum absolute atomic E-state index is 9.18. The van der Waals surface area contributed by atoms with E-state index >= 15 is 0 Å². The van der Waals surface area contributed by atoms with E-state index in [4.69, 9.17) is 11.6 Å². The van der Waals surface area contributed by atoms with Gasteiger partial charge in [-0.25, -0.2) is 0 Å². The van der Waals surface area contributed by atoms with Crippen molar-refractivity contribution in [2.75, 3.05) is 6.54 Å². The summed E-state index contributed by atoms with van der Waals surface area (Å²) >= 11 is 5.92. The topological polar surface area (TPSA) is 53.6 Å². The minimum absolute atomic E-state index is 0.502. The largest absolute Gasteiger partial charge is 0.298 e.